The summed E-state index contributed by atoms with van der Waals surface area (Å²) in [5.74, 6) is 0.974. The van der Waals surface area contributed by atoms with E-state index >= 15 is 0 Å². The summed E-state index contributed by atoms with van der Waals surface area (Å²) < 4.78 is 6.73. The number of hydrogen-bond donors (Lipinski definition) is 1. The predicted molar refractivity (Wildman–Crippen MR) is 77.5 cm³/mol. The van der Waals surface area contributed by atoms with Crippen molar-refractivity contribution in [2.75, 3.05) is 13.7 Å². The summed E-state index contributed by atoms with van der Waals surface area (Å²) in [6.45, 7) is 2.43. The first kappa shape index (κ1) is 13.9. The first-order valence-electron chi connectivity index (χ1n) is 6.68. The lowest BCUT2D eigenvalue weighted by Crippen LogP contribution is -2.10. The Kier molecular flexibility index (Phi) is 4.68. The molecule has 2 rings (SSSR count). The van der Waals surface area contributed by atoms with Gasteiger partial charge in [0.1, 0.15) is 5.75 Å². The molecule has 0 spiro atoms. The number of aliphatic hydroxyl groups excluding tert-OH is 1. The lowest BCUT2D eigenvalue weighted by Gasteiger charge is -2.25. The summed E-state index contributed by atoms with van der Waals surface area (Å²) in [6.07, 6.45) is 6.55. The van der Waals surface area contributed by atoms with Crippen LogP contribution in [0.25, 0.3) is 0 Å². The van der Waals surface area contributed by atoms with Gasteiger partial charge >= 0.3 is 0 Å². The van der Waals surface area contributed by atoms with Crippen LogP contribution >= 0.6 is 15.9 Å². The van der Waals surface area contributed by atoms with Crippen molar-refractivity contribution < 1.29 is 9.84 Å². The second-order valence-corrected chi connectivity index (χ2v) is 5.74. The minimum absolute atomic E-state index is 0.233. The first-order chi connectivity index (χ1) is 8.70. The third-order valence-electron chi connectivity index (χ3n) is 3.90. The fourth-order valence-corrected chi connectivity index (χ4v) is 3.79. The Labute approximate surface area is 117 Å². The molecule has 1 aromatic rings. The molecule has 1 aromatic carbocycles. The SMILES string of the molecule is COc1c(Br)c2c(c(C)c1CCCO)CCCC2. The van der Waals surface area contributed by atoms with Crippen molar-refractivity contribution in [3.8, 4) is 5.75 Å². The monoisotopic (exact) mass is 312 g/mol. The van der Waals surface area contributed by atoms with E-state index < -0.39 is 0 Å². The minimum atomic E-state index is 0.233. The summed E-state index contributed by atoms with van der Waals surface area (Å²) in [5.41, 5.74) is 5.57. The quantitative estimate of drug-likeness (QED) is 0.921. The number of fused-ring (bicyclic) bond motifs is 1. The van der Waals surface area contributed by atoms with E-state index in [1.54, 1.807) is 7.11 Å². The highest BCUT2D eigenvalue weighted by Gasteiger charge is 2.22. The molecule has 0 fully saturated rings. The largest absolute Gasteiger partial charge is 0.495 e. The smallest absolute Gasteiger partial charge is 0.136 e. The maximum absolute atomic E-state index is 9.04. The Morgan fingerprint density at radius 1 is 1.22 bits per heavy atom. The molecule has 1 aliphatic rings. The van der Waals surface area contributed by atoms with Crippen LogP contribution in [0.3, 0.4) is 0 Å². The van der Waals surface area contributed by atoms with Gasteiger partial charge in [0.15, 0.2) is 0 Å². The highest BCUT2D eigenvalue weighted by molar-refractivity contribution is 9.10. The molecular formula is C15H21BrO2. The maximum atomic E-state index is 9.04. The second-order valence-electron chi connectivity index (χ2n) is 4.94. The summed E-state index contributed by atoms with van der Waals surface area (Å²) in [6, 6.07) is 0. The molecule has 1 aliphatic carbocycles. The van der Waals surface area contributed by atoms with E-state index in [-0.39, 0.29) is 6.61 Å². The molecule has 0 unspecified atom stereocenters. The Morgan fingerprint density at radius 2 is 1.89 bits per heavy atom. The minimum Gasteiger partial charge on any atom is -0.495 e. The first-order valence-corrected chi connectivity index (χ1v) is 7.47. The van der Waals surface area contributed by atoms with Crippen LogP contribution in [0.15, 0.2) is 4.47 Å². The molecule has 1 N–H and O–H groups in total. The third-order valence-corrected chi connectivity index (χ3v) is 4.74. The zero-order valence-corrected chi connectivity index (χ0v) is 12.8. The topological polar surface area (TPSA) is 29.5 Å². The van der Waals surface area contributed by atoms with Crippen LogP contribution in [0, 0.1) is 6.92 Å². The molecule has 18 heavy (non-hydrogen) atoms. The summed E-state index contributed by atoms with van der Waals surface area (Å²) in [7, 11) is 1.73. The van der Waals surface area contributed by atoms with Crippen LogP contribution in [0.5, 0.6) is 5.75 Å². The molecular weight excluding hydrogens is 292 g/mol. The second kappa shape index (κ2) is 6.07. The van der Waals surface area contributed by atoms with E-state index in [0.29, 0.717) is 0 Å². The highest BCUT2D eigenvalue weighted by atomic mass is 79.9. The Hall–Kier alpha value is -0.540. The van der Waals surface area contributed by atoms with Crippen molar-refractivity contribution in [1.29, 1.82) is 0 Å². The summed E-state index contributed by atoms with van der Waals surface area (Å²) in [5, 5.41) is 9.04. The molecule has 0 saturated heterocycles. The van der Waals surface area contributed by atoms with Crippen LogP contribution in [0.2, 0.25) is 0 Å². The summed E-state index contributed by atoms with van der Waals surface area (Å²) in [4.78, 5) is 0. The molecule has 0 radical (unpaired) electrons. The molecule has 0 amide bonds. The van der Waals surface area contributed by atoms with Gasteiger partial charge in [-0.2, -0.15) is 0 Å². The number of methoxy groups -OCH3 is 1. The van der Waals surface area contributed by atoms with Crippen LogP contribution in [-0.4, -0.2) is 18.8 Å². The van der Waals surface area contributed by atoms with Gasteiger partial charge in [-0.05, 0) is 83.6 Å². The van der Waals surface area contributed by atoms with Crippen molar-refractivity contribution in [2.24, 2.45) is 0 Å². The van der Waals surface area contributed by atoms with Gasteiger partial charge in [-0.15, -0.1) is 0 Å². The highest BCUT2D eigenvalue weighted by Crippen LogP contribution is 2.41. The average Bonchev–Trinajstić information content (AvgIpc) is 2.41. The fraction of sp³-hybridized carbons (Fsp3) is 0.600. The van der Waals surface area contributed by atoms with Crippen molar-refractivity contribution in [3.05, 3.63) is 26.7 Å². The molecule has 0 bridgehead atoms. The van der Waals surface area contributed by atoms with Gasteiger partial charge in [-0.3, -0.25) is 0 Å². The van der Waals surface area contributed by atoms with Crippen LogP contribution < -0.4 is 4.74 Å². The van der Waals surface area contributed by atoms with Crippen LogP contribution in [0.4, 0.5) is 0 Å². The van der Waals surface area contributed by atoms with E-state index in [0.717, 1.165) is 29.5 Å². The number of halogens is 1. The normalized spacial score (nSPS) is 14.4. The molecule has 3 heteroatoms. The van der Waals surface area contributed by atoms with E-state index in [1.165, 1.54) is 41.5 Å². The molecule has 100 valence electrons. The molecule has 0 aromatic heterocycles. The van der Waals surface area contributed by atoms with Gasteiger partial charge in [-0.25, -0.2) is 0 Å². The van der Waals surface area contributed by atoms with Crippen molar-refractivity contribution in [1.82, 2.24) is 0 Å². The number of benzene rings is 1. The van der Waals surface area contributed by atoms with Crippen molar-refractivity contribution >= 4 is 15.9 Å². The number of rotatable bonds is 4. The van der Waals surface area contributed by atoms with Crippen LogP contribution in [0.1, 0.15) is 41.5 Å². The lowest BCUT2D eigenvalue weighted by molar-refractivity contribution is 0.287. The predicted octanol–water partition coefficient (Wildman–Crippen LogP) is 3.57. The number of ether oxygens (including phenoxy) is 1. The molecule has 0 saturated carbocycles. The van der Waals surface area contributed by atoms with Gasteiger partial charge in [0.05, 0.1) is 11.6 Å². The average molecular weight is 313 g/mol. The van der Waals surface area contributed by atoms with E-state index in [1.807, 2.05) is 0 Å². The van der Waals surface area contributed by atoms with E-state index in [9.17, 15) is 0 Å². The lowest BCUT2D eigenvalue weighted by atomic mass is 9.85. The molecule has 0 heterocycles. The molecule has 2 nitrogen and oxygen atoms in total. The zero-order chi connectivity index (χ0) is 13.1. The van der Waals surface area contributed by atoms with Crippen LogP contribution in [-0.2, 0) is 19.3 Å². The summed E-state index contributed by atoms with van der Waals surface area (Å²) >= 11 is 3.72. The molecule has 0 atom stereocenters. The van der Waals surface area contributed by atoms with E-state index in [4.69, 9.17) is 9.84 Å². The van der Waals surface area contributed by atoms with Crippen molar-refractivity contribution in [2.45, 2.75) is 45.4 Å². The zero-order valence-electron chi connectivity index (χ0n) is 11.2. The van der Waals surface area contributed by atoms with Gasteiger partial charge in [-0.1, -0.05) is 0 Å². The Bertz CT molecular complexity index is 441. The fourth-order valence-electron chi connectivity index (χ4n) is 2.95. The number of hydrogen-bond acceptors (Lipinski definition) is 2. The van der Waals surface area contributed by atoms with Gasteiger partial charge in [0.25, 0.3) is 0 Å². The van der Waals surface area contributed by atoms with Gasteiger partial charge < -0.3 is 9.84 Å². The van der Waals surface area contributed by atoms with Gasteiger partial charge in [0, 0.05) is 6.61 Å². The Balaban J connectivity index is 2.53. The maximum Gasteiger partial charge on any atom is 0.136 e. The number of aliphatic hydroxyl groups is 1. The van der Waals surface area contributed by atoms with Crippen molar-refractivity contribution in [3.63, 3.8) is 0 Å². The van der Waals surface area contributed by atoms with Gasteiger partial charge in [0.2, 0.25) is 0 Å². The molecule has 0 aliphatic heterocycles. The van der Waals surface area contributed by atoms with E-state index in [2.05, 4.69) is 22.9 Å². The third kappa shape index (κ3) is 2.43. The Morgan fingerprint density at radius 3 is 2.50 bits per heavy atom. The standard InChI is InChI=1S/C15H21BrO2/c1-10-11-6-3-4-7-13(11)14(16)15(18-2)12(10)8-5-9-17/h17H,3-9H2,1-2H3.